The molecule has 0 atom stereocenters. The lowest BCUT2D eigenvalue weighted by Crippen LogP contribution is -2.42. The van der Waals surface area contributed by atoms with Gasteiger partial charge in [-0.3, -0.25) is 9.10 Å². The molecule has 0 fully saturated rings. The first kappa shape index (κ1) is 22.9. The van der Waals surface area contributed by atoms with Crippen molar-refractivity contribution in [2.24, 2.45) is 0 Å². The maximum Gasteiger partial charge on any atom is 0.264 e. The smallest absolute Gasteiger partial charge is 0.264 e. The van der Waals surface area contributed by atoms with E-state index in [9.17, 15) is 13.2 Å². The van der Waals surface area contributed by atoms with E-state index in [4.69, 9.17) is 27.9 Å². The first-order valence-electron chi connectivity index (χ1n) is 9.36. The van der Waals surface area contributed by atoms with Crippen molar-refractivity contribution in [1.82, 2.24) is 5.32 Å². The molecule has 0 aliphatic rings. The second-order valence-corrected chi connectivity index (χ2v) is 9.06. The van der Waals surface area contributed by atoms with Crippen LogP contribution in [0.2, 0.25) is 10.0 Å². The second-order valence-electron chi connectivity index (χ2n) is 6.41. The lowest BCUT2D eigenvalue weighted by atomic mass is 10.3. The summed E-state index contributed by atoms with van der Waals surface area (Å²) in [6.45, 7) is -0.0298. The summed E-state index contributed by atoms with van der Waals surface area (Å²) in [4.78, 5) is 12.6. The van der Waals surface area contributed by atoms with Crippen LogP contribution in [0.5, 0.6) is 5.75 Å². The third-order valence-electron chi connectivity index (χ3n) is 4.25. The van der Waals surface area contributed by atoms with Crippen molar-refractivity contribution >= 4 is 44.8 Å². The van der Waals surface area contributed by atoms with Crippen molar-refractivity contribution < 1.29 is 17.9 Å². The van der Waals surface area contributed by atoms with Crippen LogP contribution in [0.15, 0.2) is 83.8 Å². The van der Waals surface area contributed by atoms with Gasteiger partial charge in [0.1, 0.15) is 18.9 Å². The molecule has 1 amide bonds. The molecule has 0 heterocycles. The third-order valence-corrected chi connectivity index (χ3v) is 6.84. The fourth-order valence-electron chi connectivity index (χ4n) is 2.77. The van der Waals surface area contributed by atoms with Gasteiger partial charge in [0.25, 0.3) is 10.0 Å². The maximum atomic E-state index is 13.3. The molecule has 0 unspecified atom stereocenters. The van der Waals surface area contributed by atoms with E-state index in [1.54, 1.807) is 42.5 Å². The number of hydrogen-bond donors (Lipinski definition) is 1. The molecule has 31 heavy (non-hydrogen) atoms. The number of para-hydroxylation sites is 1. The molecule has 3 aromatic rings. The number of rotatable bonds is 9. The van der Waals surface area contributed by atoms with Crippen LogP contribution in [0.4, 0.5) is 5.69 Å². The number of benzene rings is 3. The lowest BCUT2D eigenvalue weighted by Gasteiger charge is -2.25. The van der Waals surface area contributed by atoms with Gasteiger partial charge in [-0.2, -0.15) is 0 Å². The summed E-state index contributed by atoms with van der Waals surface area (Å²) in [5, 5.41) is 2.89. The van der Waals surface area contributed by atoms with E-state index in [0.717, 1.165) is 4.31 Å². The van der Waals surface area contributed by atoms with Crippen LogP contribution in [0.3, 0.4) is 0 Å². The highest BCUT2D eigenvalue weighted by Crippen LogP contribution is 2.35. The highest BCUT2D eigenvalue weighted by Gasteiger charge is 2.29. The SMILES string of the molecule is O=C(CN(c1cccc(Cl)c1Cl)S(=O)(=O)c1ccccc1)NCCOc1ccccc1. The minimum absolute atomic E-state index is 0.0336. The van der Waals surface area contributed by atoms with Gasteiger partial charge >= 0.3 is 0 Å². The number of carbonyl (C=O) groups excluding carboxylic acids is 1. The number of ether oxygens (including phenoxy) is 1. The van der Waals surface area contributed by atoms with E-state index in [0.29, 0.717) is 5.75 Å². The van der Waals surface area contributed by atoms with E-state index in [-0.39, 0.29) is 33.8 Å². The molecule has 0 spiro atoms. The first-order chi connectivity index (χ1) is 14.9. The minimum atomic E-state index is -4.06. The fourth-order valence-corrected chi connectivity index (χ4v) is 4.67. The Morgan fingerprint density at radius 3 is 2.23 bits per heavy atom. The number of halogens is 2. The van der Waals surface area contributed by atoms with Crippen LogP contribution in [-0.4, -0.2) is 34.0 Å². The molecule has 0 saturated carbocycles. The lowest BCUT2D eigenvalue weighted by molar-refractivity contribution is -0.119. The van der Waals surface area contributed by atoms with Crippen LogP contribution in [0, 0.1) is 0 Å². The molecule has 0 aromatic heterocycles. The molecule has 3 aromatic carbocycles. The summed E-state index contributed by atoms with van der Waals surface area (Å²) in [7, 11) is -4.06. The van der Waals surface area contributed by atoms with Gasteiger partial charge in [0.05, 0.1) is 27.2 Å². The maximum absolute atomic E-state index is 13.3. The second kappa shape index (κ2) is 10.5. The van der Waals surface area contributed by atoms with E-state index in [1.807, 2.05) is 18.2 Å². The van der Waals surface area contributed by atoms with Crippen LogP contribution in [0.1, 0.15) is 0 Å². The summed E-state index contributed by atoms with van der Waals surface area (Å²) >= 11 is 12.4. The molecule has 6 nitrogen and oxygen atoms in total. The predicted octanol–water partition coefficient (Wildman–Crippen LogP) is 4.38. The van der Waals surface area contributed by atoms with Crippen LogP contribution >= 0.6 is 23.2 Å². The van der Waals surface area contributed by atoms with Crippen molar-refractivity contribution in [1.29, 1.82) is 0 Å². The van der Waals surface area contributed by atoms with Gasteiger partial charge in [0.15, 0.2) is 0 Å². The van der Waals surface area contributed by atoms with Gasteiger partial charge in [-0.15, -0.1) is 0 Å². The molecule has 0 aliphatic carbocycles. The monoisotopic (exact) mass is 478 g/mol. The number of amides is 1. The number of carbonyl (C=O) groups is 1. The van der Waals surface area contributed by atoms with E-state index in [2.05, 4.69) is 5.32 Å². The van der Waals surface area contributed by atoms with Crippen molar-refractivity contribution in [2.45, 2.75) is 4.90 Å². The van der Waals surface area contributed by atoms with Crippen LogP contribution in [-0.2, 0) is 14.8 Å². The number of anilines is 1. The Morgan fingerprint density at radius 1 is 0.903 bits per heavy atom. The van der Waals surface area contributed by atoms with Crippen molar-refractivity contribution in [3.05, 3.63) is 88.9 Å². The van der Waals surface area contributed by atoms with Gasteiger partial charge in [0, 0.05) is 0 Å². The summed E-state index contributed by atoms with van der Waals surface area (Å²) in [5.41, 5.74) is 0.119. The highest BCUT2D eigenvalue weighted by atomic mass is 35.5. The normalized spacial score (nSPS) is 11.0. The standard InChI is InChI=1S/C22H20Cl2N2O4S/c23-19-12-7-13-20(22(19)24)26(31(28,29)18-10-5-2-6-11-18)16-21(27)25-14-15-30-17-8-3-1-4-9-17/h1-13H,14-16H2,(H,25,27). The molecule has 162 valence electrons. The predicted molar refractivity (Wildman–Crippen MR) is 122 cm³/mol. The number of nitrogens with one attached hydrogen (secondary N) is 1. The molecule has 0 aliphatic heterocycles. The Morgan fingerprint density at radius 2 is 1.55 bits per heavy atom. The zero-order valence-corrected chi connectivity index (χ0v) is 18.7. The average molecular weight is 479 g/mol. The van der Waals surface area contributed by atoms with Gasteiger partial charge < -0.3 is 10.1 Å². The van der Waals surface area contributed by atoms with E-state index < -0.39 is 22.5 Å². The number of hydrogen-bond acceptors (Lipinski definition) is 4. The Labute approximate surface area is 191 Å². The van der Waals surface area contributed by atoms with E-state index >= 15 is 0 Å². The van der Waals surface area contributed by atoms with Gasteiger partial charge in [-0.25, -0.2) is 8.42 Å². The van der Waals surface area contributed by atoms with Crippen molar-refractivity contribution in [3.63, 3.8) is 0 Å². The fraction of sp³-hybridized carbons (Fsp3) is 0.136. The molecule has 1 N–H and O–H groups in total. The molecule has 0 radical (unpaired) electrons. The average Bonchev–Trinajstić information content (AvgIpc) is 2.78. The van der Waals surface area contributed by atoms with Gasteiger partial charge in [-0.1, -0.05) is 65.7 Å². The van der Waals surface area contributed by atoms with Crippen LogP contribution < -0.4 is 14.4 Å². The van der Waals surface area contributed by atoms with Crippen molar-refractivity contribution in [3.8, 4) is 5.75 Å². The third kappa shape index (κ3) is 5.91. The molecule has 3 rings (SSSR count). The zero-order valence-electron chi connectivity index (χ0n) is 16.4. The van der Waals surface area contributed by atoms with Gasteiger partial charge in [0.2, 0.25) is 5.91 Å². The quantitative estimate of drug-likeness (QED) is 0.462. The number of sulfonamides is 1. The molecular formula is C22H20Cl2N2O4S. The summed E-state index contributed by atoms with van der Waals surface area (Å²) in [6.07, 6.45) is 0. The number of nitrogens with zero attached hydrogens (tertiary/aromatic N) is 1. The molecular weight excluding hydrogens is 459 g/mol. The molecule has 0 saturated heterocycles. The zero-order chi connectivity index (χ0) is 22.3. The Hall–Kier alpha value is -2.74. The minimum Gasteiger partial charge on any atom is -0.492 e. The van der Waals surface area contributed by atoms with E-state index in [1.165, 1.54) is 18.2 Å². The molecule has 9 heteroatoms. The Kier molecular flexibility index (Phi) is 7.79. The first-order valence-corrected chi connectivity index (χ1v) is 11.6. The van der Waals surface area contributed by atoms with Crippen LogP contribution in [0.25, 0.3) is 0 Å². The van der Waals surface area contributed by atoms with Gasteiger partial charge in [-0.05, 0) is 36.4 Å². The Bertz CT molecular complexity index is 1130. The van der Waals surface area contributed by atoms with Crippen molar-refractivity contribution in [2.75, 3.05) is 24.0 Å². The largest absolute Gasteiger partial charge is 0.492 e. The summed E-state index contributed by atoms with van der Waals surface area (Å²) < 4.78 is 33.0. The topological polar surface area (TPSA) is 75.7 Å². The summed E-state index contributed by atoms with van der Waals surface area (Å²) in [6, 6.07) is 21.6. The summed E-state index contributed by atoms with van der Waals surface area (Å²) in [5.74, 6) is 0.169. The Balaban J connectivity index is 1.75. The highest BCUT2D eigenvalue weighted by molar-refractivity contribution is 7.92. The molecule has 0 bridgehead atoms.